The first-order valence-electron chi connectivity index (χ1n) is 5.74. The zero-order valence-corrected chi connectivity index (χ0v) is 9.91. The van der Waals surface area contributed by atoms with Crippen LogP contribution in [0.5, 0.6) is 0 Å². The number of thioether (sulfide) groups is 1. The highest BCUT2D eigenvalue weighted by Crippen LogP contribution is 2.39. The molecule has 0 saturated heterocycles. The molecular weight excluding hydrogens is 212 g/mol. The lowest BCUT2D eigenvalue weighted by molar-refractivity contribution is 1.42. The first-order valence-corrected chi connectivity index (χ1v) is 6.62. The molecule has 80 valence electrons. The van der Waals surface area contributed by atoms with Crippen LogP contribution in [0.1, 0.15) is 12.8 Å². The Hall–Kier alpha value is -1.21. The highest BCUT2D eigenvalue weighted by atomic mass is 32.2. The van der Waals surface area contributed by atoms with E-state index < -0.39 is 0 Å². The number of benzene rings is 2. The third-order valence-corrected chi connectivity index (χ3v) is 4.14. The van der Waals surface area contributed by atoms with Crippen LogP contribution < -0.4 is 0 Å². The van der Waals surface area contributed by atoms with Gasteiger partial charge in [-0.05, 0) is 36.1 Å². The molecule has 0 unspecified atom stereocenters. The van der Waals surface area contributed by atoms with Gasteiger partial charge in [-0.25, -0.2) is 0 Å². The molecule has 2 aromatic rings. The van der Waals surface area contributed by atoms with Crippen molar-refractivity contribution in [2.75, 3.05) is 0 Å². The molecule has 1 heteroatoms. The van der Waals surface area contributed by atoms with Gasteiger partial charge in [0.25, 0.3) is 0 Å². The van der Waals surface area contributed by atoms with Crippen molar-refractivity contribution in [1.82, 2.24) is 0 Å². The van der Waals surface area contributed by atoms with Gasteiger partial charge in [0.15, 0.2) is 0 Å². The molecule has 16 heavy (non-hydrogen) atoms. The molecule has 0 aliphatic heterocycles. The molecule has 0 nitrogen and oxygen atoms in total. The molecule has 2 aromatic carbocycles. The van der Waals surface area contributed by atoms with Crippen LogP contribution in [0.3, 0.4) is 0 Å². The Bertz CT molecular complexity index is 455. The summed E-state index contributed by atoms with van der Waals surface area (Å²) in [5, 5.41) is 0.891. The molecule has 1 fully saturated rings. The van der Waals surface area contributed by atoms with Gasteiger partial charge >= 0.3 is 0 Å². The monoisotopic (exact) mass is 226 g/mol. The Balaban J connectivity index is 1.81. The minimum Gasteiger partial charge on any atom is -0.123 e. The predicted molar refractivity (Wildman–Crippen MR) is 70.8 cm³/mol. The lowest BCUT2D eigenvalue weighted by Crippen LogP contribution is -1.78. The average molecular weight is 226 g/mol. The maximum atomic E-state index is 2.24. The smallest absolute Gasteiger partial charge is 0.00952 e. The fourth-order valence-electron chi connectivity index (χ4n) is 1.73. The van der Waals surface area contributed by atoms with E-state index in [1.165, 1.54) is 28.9 Å². The highest BCUT2D eigenvalue weighted by Gasteiger charge is 2.22. The second-order valence-electron chi connectivity index (χ2n) is 4.21. The molecule has 0 heterocycles. The molecule has 0 aromatic heterocycles. The van der Waals surface area contributed by atoms with Gasteiger partial charge in [-0.2, -0.15) is 0 Å². The summed E-state index contributed by atoms with van der Waals surface area (Å²) < 4.78 is 0. The van der Waals surface area contributed by atoms with Crippen molar-refractivity contribution in [3.05, 3.63) is 54.6 Å². The summed E-state index contributed by atoms with van der Waals surface area (Å²) in [6.07, 6.45) is 2.79. The molecule has 0 spiro atoms. The standard InChI is InChI=1S/C15H14S/c1-2-4-12(5-3-1)13-6-8-14(9-7-13)16-15-10-11-15/h1-9,15H,10-11H2. The Labute approximate surface area is 101 Å². The van der Waals surface area contributed by atoms with Gasteiger partial charge in [-0.1, -0.05) is 42.5 Å². The molecule has 0 amide bonds. The summed E-state index contributed by atoms with van der Waals surface area (Å²) in [7, 11) is 0. The fourth-order valence-corrected chi connectivity index (χ4v) is 2.78. The van der Waals surface area contributed by atoms with Crippen LogP contribution >= 0.6 is 11.8 Å². The van der Waals surface area contributed by atoms with Crippen LogP contribution in [0.4, 0.5) is 0 Å². The zero-order valence-electron chi connectivity index (χ0n) is 9.10. The van der Waals surface area contributed by atoms with Gasteiger partial charge in [-0.3, -0.25) is 0 Å². The van der Waals surface area contributed by atoms with Crippen LogP contribution in [-0.2, 0) is 0 Å². The molecule has 0 N–H and O–H groups in total. The van der Waals surface area contributed by atoms with E-state index in [0.29, 0.717) is 0 Å². The maximum absolute atomic E-state index is 2.24. The van der Waals surface area contributed by atoms with Gasteiger partial charge in [0, 0.05) is 10.1 Å². The van der Waals surface area contributed by atoms with E-state index in [4.69, 9.17) is 0 Å². The summed E-state index contributed by atoms with van der Waals surface area (Å²) >= 11 is 2.01. The van der Waals surface area contributed by atoms with Crippen molar-refractivity contribution in [1.29, 1.82) is 0 Å². The number of hydrogen-bond acceptors (Lipinski definition) is 1. The van der Waals surface area contributed by atoms with E-state index in [-0.39, 0.29) is 0 Å². The Kier molecular flexibility index (Phi) is 2.71. The normalized spacial score (nSPS) is 15.0. The molecule has 3 rings (SSSR count). The quantitative estimate of drug-likeness (QED) is 0.736. The molecule has 0 radical (unpaired) electrons. The summed E-state index contributed by atoms with van der Waals surface area (Å²) in [6, 6.07) is 19.5. The van der Waals surface area contributed by atoms with Gasteiger partial charge in [0.2, 0.25) is 0 Å². The Morgan fingerprint density at radius 1 is 0.750 bits per heavy atom. The Morgan fingerprint density at radius 2 is 1.38 bits per heavy atom. The average Bonchev–Trinajstić information content (AvgIpc) is 3.15. The van der Waals surface area contributed by atoms with Crippen molar-refractivity contribution in [3.63, 3.8) is 0 Å². The van der Waals surface area contributed by atoms with Crippen molar-refractivity contribution < 1.29 is 0 Å². The van der Waals surface area contributed by atoms with Crippen LogP contribution in [0.15, 0.2) is 59.5 Å². The van der Waals surface area contributed by atoms with Crippen LogP contribution in [0.2, 0.25) is 0 Å². The highest BCUT2D eigenvalue weighted by molar-refractivity contribution is 8.00. The molecule has 0 atom stereocenters. The van der Waals surface area contributed by atoms with Gasteiger partial charge in [-0.15, -0.1) is 11.8 Å². The summed E-state index contributed by atoms with van der Waals surface area (Å²) in [5.41, 5.74) is 2.60. The van der Waals surface area contributed by atoms with Crippen molar-refractivity contribution in [3.8, 4) is 11.1 Å². The molecule has 0 bridgehead atoms. The lowest BCUT2D eigenvalue weighted by atomic mass is 10.1. The summed E-state index contributed by atoms with van der Waals surface area (Å²) in [6.45, 7) is 0. The van der Waals surface area contributed by atoms with Gasteiger partial charge < -0.3 is 0 Å². The first-order chi connectivity index (χ1) is 7.92. The summed E-state index contributed by atoms with van der Waals surface area (Å²) in [4.78, 5) is 1.40. The minimum atomic E-state index is 0.891. The van der Waals surface area contributed by atoms with E-state index >= 15 is 0 Å². The molecule has 1 saturated carbocycles. The topological polar surface area (TPSA) is 0 Å². The minimum absolute atomic E-state index is 0.891. The third kappa shape index (κ3) is 2.30. The van der Waals surface area contributed by atoms with Crippen LogP contribution in [-0.4, -0.2) is 5.25 Å². The van der Waals surface area contributed by atoms with Gasteiger partial charge in [0.1, 0.15) is 0 Å². The van der Waals surface area contributed by atoms with E-state index in [9.17, 15) is 0 Å². The Morgan fingerprint density at radius 3 is 2.00 bits per heavy atom. The zero-order chi connectivity index (χ0) is 10.8. The SMILES string of the molecule is c1ccc(-c2ccc(SC3CC3)cc2)cc1. The summed E-state index contributed by atoms with van der Waals surface area (Å²) in [5.74, 6) is 0. The second-order valence-corrected chi connectivity index (χ2v) is 5.58. The van der Waals surface area contributed by atoms with Crippen molar-refractivity contribution >= 4 is 11.8 Å². The molecular formula is C15H14S. The largest absolute Gasteiger partial charge is 0.123 e. The van der Waals surface area contributed by atoms with Gasteiger partial charge in [0.05, 0.1) is 0 Å². The lowest BCUT2D eigenvalue weighted by Gasteiger charge is -2.03. The van der Waals surface area contributed by atoms with Crippen LogP contribution in [0.25, 0.3) is 11.1 Å². The van der Waals surface area contributed by atoms with E-state index in [1.807, 2.05) is 11.8 Å². The fraction of sp³-hybridized carbons (Fsp3) is 0.200. The second kappa shape index (κ2) is 4.34. The van der Waals surface area contributed by atoms with Crippen molar-refractivity contribution in [2.45, 2.75) is 23.0 Å². The van der Waals surface area contributed by atoms with Crippen molar-refractivity contribution in [2.24, 2.45) is 0 Å². The molecule has 1 aliphatic carbocycles. The molecule has 1 aliphatic rings. The third-order valence-electron chi connectivity index (χ3n) is 2.79. The van der Waals surface area contributed by atoms with E-state index in [1.54, 1.807) is 0 Å². The van der Waals surface area contributed by atoms with Crippen LogP contribution in [0, 0.1) is 0 Å². The number of rotatable bonds is 3. The van der Waals surface area contributed by atoms with E-state index in [0.717, 1.165) is 5.25 Å². The number of hydrogen-bond donors (Lipinski definition) is 0. The predicted octanol–water partition coefficient (Wildman–Crippen LogP) is 4.61. The maximum Gasteiger partial charge on any atom is 0.00952 e. The van der Waals surface area contributed by atoms with E-state index in [2.05, 4.69) is 54.6 Å². The first kappa shape index (κ1) is 9.98.